The number of nitrogens with zero attached hydrogens (tertiary/aromatic N) is 1. The Morgan fingerprint density at radius 1 is 1.13 bits per heavy atom. The van der Waals surface area contributed by atoms with Crippen molar-refractivity contribution in [3.63, 3.8) is 0 Å². The number of hydrogen-bond acceptors (Lipinski definition) is 2. The third kappa shape index (κ3) is 2.34. The molecule has 0 unspecified atom stereocenters. The molecule has 0 aliphatic heterocycles. The molecular weight excluding hydrogens is 192 g/mol. The van der Waals surface area contributed by atoms with E-state index in [0.29, 0.717) is 0 Å². The zero-order chi connectivity index (χ0) is 10.5. The number of hydrogen-bond donors (Lipinski definition) is 3. The molecule has 76 valence electrons. The minimum atomic E-state index is -0.0880. The predicted octanol–water partition coefficient (Wildman–Crippen LogP) is 1.27. The quantitative estimate of drug-likeness (QED) is 0.513. The van der Waals surface area contributed by atoms with E-state index < -0.39 is 0 Å². The fourth-order valence-corrected chi connectivity index (χ4v) is 1.15. The summed E-state index contributed by atoms with van der Waals surface area (Å²) in [6.07, 6.45) is 3.36. The van der Waals surface area contributed by atoms with E-state index in [1.807, 2.05) is 30.5 Å². The highest BCUT2D eigenvalue weighted by atomic mass is 16.1. The minimum absolute atomic E-state index is 0.0880. The van der Waals surface area contributed by atoms with Crippen LogP contribution in [-0.2, 0) is 0 Å². The van der Waals surface area contributed by atoms with Gasteiger partial charge >= 0.3 is 0 Å². The van der Waals surface area contributed by atoms with Crippen LogP contribution in [0.5, 0.6) is 0 Å². The standard InChI is InChI=1S/C7H6N2.C3H4N2O/c1-2-4-7-6(3-1)5-8-9-7;6-3-1-2-4-5-3/h1-5H,(H,8,9);1-2H,(H2,4,5,6). The molecule has 15 heavy (non-hydrogen) atoms. The van der Waals surface area contributed by atoms with Crippen molar-refractivity contribution in [2.75, 3.05) is 0 Å². The van der Waals surface area contributed by atoms with Crippen LogP contribution < -0.4 is 5.56 Å². The van der Waals surface area contributed by atoms with Gasteiger partial charge in [-0.2, -0.15) is 5.10 Å². The molecule has 2 aromatic heterocycles. The largest absolute Gasteiger partial charge is 0.305 e. The van der Waals surface area contributed by atoms with Gasteiger partial charge in [-0.3, -0.25) is 15.0 Å². The molecule has 5 heteroatoms. The van der Waals surface area contributed by atoms with Gasteiger partial charge in [0.25, 0.3) is 5.56 Å². The molecule has 3 aromatic rings. The molecule has 3 N–H and O–H groups in total. The van der Waals surface area contributed by atoms with Crippen molar-refractivity contribution in [1.82, 2.24) is 20.4 Å². The zero-order valence-electron chi connectivity index (χ0n) is 7.90. The molecule has 0 aliphatic rings. The van der Waals surface area contributed by atoms with E-state index in [1.165, 1.54) is 6.07 Å². The maximum absolute atomic E-state index is 9.98. The maximum Gasteiger partial charge on any atom is 0.263 e. The van der Waals surface area contributed by atoms with Gasteiger partial charge in [0, 0.05) is 17.6 Å². The summed E-state index contributed by atoms with van der Waals surface area (Å²) in [5.74, 6) is 0. The van der Waals surface area contributed by atoms with Gasteiger partial charge < -0.3 is 5.10 Å². The number of nitrogens with one attached hydrogen (secondary N) is 3. The Morgan fingerprint density at radius 2 is 2.00 bits per heavy atom. The van der Waals surface area contributed by atoms with Gasteiger partial charge in [-0.1, -0.05) is 18.2 Å². The summed E-state index contributed by atoms with van der Waals surface area (Å²) in [5.41, 5.74) is 1.01. The van der Waals surface area contributed by atoms with Crippen molar-refractivity contribution in [2.45, 2.75) is 0 Å². The van der Waals surface area contributed by atoms with Crippen LogP contribution in [0.4, 0.5) is 0 Å². The predicted molar refractivity (Wildman–Crippen MR) is 57.5 cm³/mol. The number of fused-ring (bicyclic) bond motifs is 1. The maximum atomic E-state index is 9.98. The summed E-state index contributed by atoms with van der Waals surface area (Å²) in [5, 5.41) is 12.7. The van der Waals surface area contributed by atoms with Crippen molar-refractivity contribution in [3.05, 3.63) is 53.1 Å². The molecule has 0 radical (unpaired) electrons. The number of benzene rings is 1. The molecule has 5 nitrogen and oxygen atoms in total. The fourth-order valence-electron chi connectivity index (χ4n) is 1.15. The van der Waals surface area contributed by atoms with Gasteiger partial charge in [0.2, 0.25) is 0 Å². The average molecular weight is 202 g/mol. The van der Waals surface area contributed by atoms with Crippen LogP contribution in [0.3, 0.4) is 0 Å². The Labute approximate surface area is 85.1 Å². The molecule has 0 spiro atoms. The monoisotopic (exact) mass is 202 g/mol. The highest BCUT2D eigenvalue weighted by Crippen LogP contribution is 2.06. The van der Waals surface area contributed by atoms with E-state index in [4.69, 9.17) is 0 Å². The van der Waals surface area contributed by atoms with Crippen molar-refractivity contribution in [1.29, 1.82) is 0 Å². The Bertz CT molecular complexity index is 531. The lowest BCUT2D eigenvalue weighted by atomic mass is 10.3. The van der Waals surface area contributed by atoms with Crippen LogP contribution in [0.25, 0.3) is 10.9 Å². The van der Waals surface area contributed by atoms with Crippen LogP contribution >= 0.6 is 0 Å². The van der Waals surface area contributed by atoms with Crippen LogP contribution in [0.2, 0.25) is 0 Å². The van der Waals surface area contributed by atoms with E-state index in [-0.39, 0.29) is 5.56 Å². The first-order chi connectivity index (χ1) is 7.36. The number of H-pyrrole nitrogens is 3. The number of aromatic amines is 3. The third-order valence-corrected chi connectivity index (χ3v) is 1.86. The van der Waals surface area contributed by atoms with Crippen LogP contribution in [0, 0.1) is 0 Å². The third-order valence-electron chi connectivity index (χ3n) is 1.86. The van der Waals surface area contributed by atoms with E-state index in [0.717, 1.165) is 10.9 Å². The molecular formula is C10H10N4O. The van der Waals surface area contributed by atoms with E-state index in [9.17, 15) is 4.79 Å². The Morgan fingerprint density at radius 3 is 2.60 bits per heavy atom. The molecule has 2 heterocycles. The van der Waals surface area contributed by atoms with Crippen molar-refractivity contribution in [2.24, 2.45) is 0 Å². The smallest absolute Gasteiger partial charge is 0.263 e. The number of rotatable bonds is 0. The second-order valence-electron chi connectivity index (χ2n) is 2.92. The molecule has 0 fully saturated rings. The van der Waals surface area contributed by atoms with Gasteiger partial charge in [-0.15, -0.1) is 0 Å². The topological polar surface area (TPSA) is 77.3 Å². The van der Waals surface area contributed by atoms with E-state index in [1.54, 1.807) is 6.20 Å². The zero-order valence-corrected chi connectivity index (χ0v) is 7.90. The highest BCUT2D eigenvalue weighted by molar-refractivity contribution is 5.77. The van der Waals surface area contributed by atoms with E-state index in [2.05, 4.69) is 20.4 Å². The Kier molecular flexibility index (Phi) is 2.64. The summed E-state index contributed by atoms with van der Waals surface area (Å²) in [6.45, 7) is 0. The Hall–Kier alpha value is -2.30. The second kappa shape index (κ2) is 4.28. The molecule has 0 aliphatic carbocycles. The molecule has 0 bridgehead atoms. The van der Waals surface area contributed by atoms with Crippen LogP contribution in [0.15, 0.2) is 47.5 Å². The van der Waals surface area contributed by atoms with E-state index >= 15 is 0 Å². The number of para-hydroxylation sites is 1. The van der Waals surface area contributed by atoms with Gasteiger partial charge in [0.05, 0.1) is 11.7 Å². The molecule has 0 amide bonds. The minimum Gasteiger partial charge on any atom is -0.305 e. The summed E-state index contributed by atoms with van der Waals surface area (Å²) < 4.78 is 0. The van der Waals surface area contributed by atoms with Gasteiger partial charge in [0.15, 0.2) is 0 Å². The van der Waals surface area contributed by atoms with Gasteiger partial charge in [-0.25, -0.2) is 0 Å². The first kappa shape index (κ1) is 9.26. The van der Waals surface area contributed by atoms with Gasteiger partial charge in [-0.05, 0) is 6.07 Å². The second-order valence-corrected chi connectivity index (χ2v) is 2.92. The highest BCUT2D eigenvalue weighted by Gasteiger charge is 1.88. The molecule has 0 atom stereocenters. The van der Waals surface area contributed by atoms with Crippen molar-refractivity contribution < 1.29 is 0 Å². The fraction of sp³-hybridized carbons (Fsp3) is 0. The molecule has 1 aromatic carbocycles. The van der Waals surface area contributed by atoms with Crippen molar-refractivity contribution >= 4 is 10.9 Å². The summed E-state index contributed by atoms with van der Waals surface area (Å²) in [6, 6.07) is 9.43. The van der Waals surface area contributed by atoms with Crippen LogP contribution in [-0.4, -0.2) is 20.4 Å². The van der Waals surface area contributed by atoms with Crippen molar-refractivity contribution in [3.8, 4) is 0 Å². The first-order valence-corrected chi connectivity index (χ1v) is 4.46. The molecule has 3 rings (SSSR count). The van der Waals surface area contributed by atoms with Crippen LogP contribution in [0.1, 0.15) is 0 Å². The van der Waals surface area contributed by atoms with Gasteiger partial charge in [0.1, 0.15) is 0 Å². The lowest BCUT2D eigenvalue weighted by Crippen LogP contribution is -1.93. The SMILES string of the molecule is O=c1cc[nH][nH]1.c1ccc2[nH]ncc2c1. The lowest BCUT2D eigenvalue weighted by molar-refractivity contribution is 1.06. The summed E-state index contributed by atoms with van der Waals surface area (Å²) in [4.78, 5) is 9.98. The average Bonchev–Trinajstić information content (AvgIpc) is 2.88. The normalized spacial score (nSPS) is 9.60. The number of aromatic nitrogens is 4. The first-order valence-electron chi connectivity index (χ1n) is 4.46. The molecule has 0 saturated heterocycles. The molecule has 0 saturated carbocycles. The Balaban J connectivity index is 0.000000124. The summed E-state index contributed by atoms with van der Waals surface area (Å²) in [7, 11) is 0. The summed E-state index contributed by atoms with van der Waals surface area (Å²) >= 11 is 0. The lowest BCUT2D eigenvalue weighted by Gasteiger charge is -1.81.